The van der Waals surface area contributed by atoms with Crippen molar-refractivity contribution in [3.05, 3.63) is 121 Å². The second-order valence-electron chi connectivity index (χ2n) is 13.7. The van der Waals surface area contributed by atoms with Gasteiger partial charge in [-0.1, -0.05) is 109 Å². The molecule has 8 N–H and O–H groups in total. The Kier molecular flexibility index (Phi) is 7.58. The van der Waals surface area contributed by atoms with Crippen LogP contribution in [0.25, 0.3) is 93.0 Å². The average Bonchev–Trinajstić information content (AvgIpc) is 3.83. The lowest BCUT2D eigenvalue weighted by Crippen LogP contribution is -2.00. The second kappa shape index (κ2) is 12.8. The Balaban J connectivity index is 1.18. The van der Waals surface area contributed by atoms with Crippen molar-refractivity contribution in [1.29, 1.82) is 0 Å². The highest BCUT2D eigenvalue weighted by molar-refractivity contribution is 7.26. The Morgan fingerprint density at radius 2 is 0.828 bits per heavy atom. The van der Waals surface area contributed by atoms with Gasteiger partial charge in [0.1, 0.15) is 11.0 Å². The Morgan fingerprint density at radius 1 is 0.379 bits per heavy atom. The fraction of sp³-hybridized carbons (Fsp3) is 0. The molecule has 0 spiro atoms. The van der Waals surface area contributed by atoms with Gasteiger partial charge in [0.15, 0.2) is 40.5 Å². The molecule has 0 fully saturated rings. The third-order valence-corrected chi connectivity index (χ3v) is 11.5. The number of rotatable bonds is 5. The first-order chi connectivity index (χ1) is 28.1. The highest BCUT2D eigenvalue weighted by Crippen LogP contribution is 2.59. The van der Waals surface area contributed by atoms with Crippen molar-refractivity contribution in [2.45, 2.75) is 0 Å². The van der Waals surface area contributed by atoms with E-state index in [4.69, 9.17) is 15.0 Å². The molecule has 0 radical (unpaired) electrons. The van der Waals surface area contributed by atoms with E-state index in [2.05, 4.69) is 12.1 Å². The Bertz CT molecular complexity index is 3240. The molecule has 0 aliphatic heterocycles. The molecule has 0 amide bonds. The molecule has 10 aromatic rings. The Morgan fingerprint density at radius 3 is 1.40 bits per heavy atom. The molecule has 3 heterocycles. The maximum absolute atomic E-state index is 11.2. The van der Waals surface area contributed by atoms with Crippen LogP contribution in [0.4, 0.5) is 0 Å². The van der Waals surface area contributed by atoms with Crippen molar-refractivity contribution in [2.24, 2.45) is 0 Å². The molecule has 7 aromatic carbocycles. The Hall–Kier alpha value is -8.03. The van der Waals surface area contributed by atoms with Crippen LogP contribution in [0.1, 0.15) is 0 Å². The standard InChI is InChI=1S/C45H28N4O8S/c50-34-30-31-33(37(53)41(57)39(55)35(31)51)49(32(30)36(52)40(56)38(34)54)28-13-7-12-27-26-19-18-25(20-29(26)58-42(27)28)45-47-43(23-10-5-2-6-11-23)46-44(48-45)24-16-14-22(15-17-24)21-8-3-1-4-9-21/h1-20,50-57H. The summed E-state index contributed by atoms with van der Waals surface area (Å²) in [7, 11) is 0. The number of aromatic nitrogens is 4. The summed E-state index contributed by atoms with van der Waals surface area (Å²) >= 11 is 1.34. The summed E-state index contributed by atoms with van der Waals surface area (Å²) in [5.41, 5.74) is 4.11. The number of nitrogens with zero attached hydrogens (tertiary/aromatic N) is 4. The van der Waals surface area contributed by atoms with Gasteiger partial charge in [0.05, 0.1) is 21.2 Å². The van der Waals surface area contributed by atoms with Gasteiger partial charge in [-0.2, -0.15) is 0 Å². The summed E-state index contributed by atoms with van der Waals surface area (Å²) in [6.07, 6.45) is 0. The van der Waals surface area contributed by atoms with Crippen LogP contribution in [0, 0.1) is 0 Å². The number of phenolic OH excluding ortho intramolecular Hbond substituents is 8. The monoisotopic (exact) mass is 784 g/mol. The van der Waals surface area contributed by atoms with E-state index in [-0.39, 0.29) is 11.0 Å². The van der Waals surface area contributed by atoms with E-state index in [9.17, 15) is 40.9 Å². The molecule has 0 atom stereocenters. The van der Waals surface area contributed by atoms with E-state index in [0.717, 1.165) is 37.7 Å². The summed E-state index contributed by atoms with van der Waals surface area (Å²) in [5.74, 6) is -6.57. The normalized spacial score (nSPS) is 11.7. The number of phenols is 8. The molecule has 0 aliphatic rings. The Labute approximate surface area is 331 Å². The zero-order valence-electron chi connectivity index (χ0n) is 29.8. The van der Waals surface area contributed by atoms with Gasteiger partial charge in [-0.25, -0.2) is 15.0 Å². The number of hydrogen-bond acceptors (Lipinski definition) is 12. The van der Waals surface area contributed by atoms with E-state index in [1.54, 1.807) is 12.1 Å². The third-order valence-electron chi connectivity index (χ3n) is 10.3. The number of hydrogen-bond donors (Lipinski definition) is 8. The zero-order valence-corrected chi connectivity index (χ0v) is 30.6. The van der Waals surface area contributed by atoms with Crippen LogP contribution in [-0.4, -0.2) is 60.4 Å². The topological polar surface area (TPSA) is 205 Å². The van der Waals surface area contributed by atoms with Gasteiger partial charge in [-0.15, -0.1) is 11.3 Å². The zero-order chi connectivity index (χ0) is 40.0. The fourth-order valence-corrected chi connectivity index (χ4v) is 8.77. The number of thiophene rings is 1. The van der Waals surface area contributed by atoms with Crippen molar-refractivity contribution < 1.29 is 40.9 Å². The van der Waals surface area contributed by atoms with E-state index in [1.165, 1.54) is 15.9 Å². The molecular formula is C45H28N4O8S. The largest absolute Gasteiger partial charge is 0.504 e. The minimum absolute atomic E-state index is 0.299. The van der Waals surface area contributed by atoms with Crippen LogP contribution in [0.2, 0.25) is 0 Å². The molecule has 0 saturated heterocycles. The molecule has 0 unspecified atom stereocenters. The van der Waals surface area contributed by atoms with Crippen molar-refractivity contribution in [3.63, 3.8) is 0 Å². The molecule has 12 nitrogen and oxygen atoms in total. The van der Waals surface area contributed by atoms with Crippen LogP contribution in [0.3, 0.4) is 0 Å². The van der Waals surface area contributed by atoms with Crippen molar-refractivity contribution in [3.8, 4) is 97.0 Å². The molecule has 0 aliphatic carbocycles. The molecule has 3 aromatic heterocycles. The van der Waals surface area contributed by atoms with Gasteiger partial charge in [0, 0.05) is 32.2 Å². The summed E-state index contributed by atoms with van der Waals surface area (Å²) < 4.78 is 2.64. The first kappa shape index (κ1) is 34.5. The van der Waals surface area contributed by atoms with Crippen LogP contribution >= 0.6 is 11.3 Å². The summed E-state index contributed by atoms with van der Waals surface area (Å²) in [6.45, 7) is 0. The molecule has 13 heteroatoms. The summed E-state index contributed by atoms with van der Waals surface area (Å²) in [6, 6.07) is 38.8. The average molecular weight is 785 g/mol. The highest BCUT2D eigenvalue weighted by atomic mass is 32.1. The quantitative estimate of drug-likeness (QED) is 0.0609. The van der Waals surface area contributed by atoms with Gasteiger partial charge < -0.3 is 45.4 Å². The SMILES string of the molecule is Oc1c(O)c(O)c2c(c1O)c1c(O)c(O)c(O)c(O)c1n2-c1cccc2c1sc1cc(-c3nc(-c4ccccc4)nc(-c4ccc(-c5ccccc5)cc4)n3)ccc12. The molecule has 58 heavy (non-hydrogen) atoms. The van der Waals surface area contributed by atoms with E-state index < -0.39 is 56.8 Å². The minimum Gasteiger partial charge on any atom is -0.504 e. The first-order valence-electron chi connectivity index (χ1n) is 17.8. The third kappa shape index (κ3) is 5.04. The number of benzene rings is 7. The lowest BCUT2D eigenvalue weighted by Gasteiger charge is -2.13. The lowest BCUT2D eigenvalue weighted by molar-refractivity contribution is 0.350. The fourth-order valence-electron chi connectivity index (χ4n) is 7.52. The van der Waals surface area contributed by atoms with E-state index in [1.807, 2.05) is 97.1 Å². The molecule has 282 valence electrons. The van der Waals surface area contributed by atoms with Crippen LogP contribution in [0.15, 0.2) is 121 Å². The molecular weight excluding hydrogens is 757 g/mol. The van der Waals surface area contributed by atoms with Crippen molar-refractivity contribution in [2.75, 3.05) is 0 Å². The molecule has 10 rings (SSSR count). The maximum atomic E-state index is 11.2. The van der Waals surface area contributed by atoms with Gasteiger partial charge in [-0.05, 0) is 23.3 Å². The van der Waals surface area contributed by atoms with Gasteiger partial charge in [-0.3, -0.25) is 0 Å². The van der Waals surface area contributed by atoms with Crippen LogP contribution in [0.5, 0.6) is 46.0 Å². The van der Waals surface area contributed by atoms with E-state index >= 15 is 0 Å². The highest BCUT2D eigenvalue weighted by Gasteiger charge is 2.32. The molecule has 0 bridgehead atoms. The van der Waals surface area contributed by atoms with Crippen molar-refractivity contribution >= 4 is 53.3 Å². The lowest BCUT2D eigenvalue weighted by atomic mass is 10.0. The van der Waals surface area contributed by atoms with Gasteiger partial charge in [0.25, 0.3) is 0 Å². The summed E-state index contributed by atoms with van der Waals surface area (Å²) in [4.78, 5) is 14.7. The van der Waals surface area contributed by atoms with Crippen LogP contribution in [-0.2, 0) is 0 Å². The van der Waals surface area contributed by atoms with E-state index in [0.29, 0.717) is 33.4 Å². The first-order valence-corrected chi connectivity index (χ1v) is 18.7. The van der Waals surface area contributed by atoms with Gasteiger partial charge in [0.2, 0.25) is 23.0 Å². The minimum atomic E-state index is -1.09. The predicted molar refractivity (Wildman–Crippen MR) is 222 cm³/mol. The number of aromatic hydroxyl groups is 8. The second-order valence-corrected chi connectivity index (χ2v) is 14.7. The number of fused-ring (bicyclic) bond motifs is 6. The van der Waals surface area contributed by atoms with Crippen molar-refractivity contribution in [1.82, 2.24) is 19.5 Å². The molecule has 0 saturated carbocycles. The van der Waals surface area contributed by atoms with Gasteiger partial charge >= 0.3 is 0 Å². The summed E-state index contributed by atoms with van der Waals surface area (Å²) in [5, 5.41) is 87.5. The predicted octanol–water partition coefficient (Wildman–Crippen LogP) is 9.65. The van der Waals surface area contributed by atoms with Crippen LogP contribution < -0.4 is 0 Å². The maximum Gasteiger partial charge on any atom is 0.206 e. The smallest absolute Gasteiger partial charge is 0.206 e.